The third-order valence-electron chi connectivity index (χ3n) is 5.47. The number of nitrogens with two attached hydrogens (primary N) is 1. The molecule has 0 amide bonds. The van der Waals surface area contributed by atoms with E-state index in [1.165, 1.54) is 36.7 Å². The molecule has 0 saturated carbocycles. The quantitative estimate of drug-likeness (QED) is 0.272. The molecule has 1 heterocycles. The Balaban J connectivity index is 1.84. The van der Waals surface area contributed by atoms with Gasteiger partial charge in [0, 0.05) is 31.0 Å². The van der Waals surface area contributed by atoms with Crippen LogP contribution in [-0.2, 0) is 13.5 Å². The van der Waals surface area contributed by atoms with Gasteiger partial charge in [-0.15, -0.1) is 0 Å². The lowest BCUT2D eigenvalue weighted by molar-refractivity contribution is -0.0919. The summed E-state index contributed by atoms with van der Waals surface area (Å²) < 4.78 is 59.5. The summed E-state index contributed by atoms with van der Waals surface area (Å²) in [4.78, 5) is 20.7. The molecule has 2 aromatic carbocycles. The van der Waals surface area contributed by atoms with Gasteiger partial charge >= 0.3 is 6.18 Å². The zero-order chi connectivity index (χ0) is 26.6. The van der Waals surface area contributed by atoms with Crippen LogP contribution in [0.3, 0.4) is 0 Å². The van der Waals surface area contributed by atoms with Crippen LogP contribution < -0.4 is 16.0 Å². The number of alkyl halides is 3. The van der Waals surface area contributed by atoms with Gasteiger partial charge in [-0.05, 0) is 37.1 Å². The predicted octanol–water partition coefficient (Wildman–Crippen LogP) is 5.28. The first-order valence-electron chi connectivity index (χ1n) is 10.7. The highest BCUT2D eigenvalue weighted by Crippen LogP contribution is 2.27. The summed E-state index contributed by atoms with van der Waals surface area (Å²) in [6.07, 6.45) is -2.84. The van der Waals surface area contributed by atoms with Gasteiger partial charge in [0.2, 0.25) is 0 Å². The van der Waals surface area contributed by atoms with Crippen molar-refractivity contribution in [3.05, 3.63) is 106 Å². The molecular formula is C26H24F4N4O2. The van der Waals surface area contributed by atoms with Gasteiger partial charge in [-0.3, -0.25) is 9.36 Å². The predicted molar refractivity (Wildman–Crippen MR) is 130 cm³/mol. The summed E-state index contributed by atoms with van der Waals surface area (Å²) in [6.45, 7) is 5.56. The monoisotopic (exact) mass is 500 g/mol. The first kappa shape index (κ1) is 26.4. The molecule has 3 rings (SSSR count). The molecule has 0 radical (unpaired) electrons. The van der Waals surface area contributed by atoms with Gasteiger partial charge in [0.1, 0.15) is 11.5 Å². The van der Waals surface area contributed by atoms with Crippen LogP contribution in [0.15, 0.2) is 88.2 Å². The molecule has 0 spiro atoms. The number of nitrogens with zero attached hydrogens (tertiary/aromatic N) is 3. The van der Waals surface area contributed by atoms with Crippen molar-refractivity contribution >= 4 is 5.71 Å². The van der Waals surface area contributed by atoms with Gasteiger partial charge < -0.3 is 10.5 Å². The fourth-order valence-electron chi connectivity index (χ4n) is 3.19. The fourth-order valence-corrected chi connectivity index (χ4v) is 3.19. The Bertz CT molecular complexity index is 1410. The summed E-state index contributed by atoms with van der Waals surface area (Å²) in [5.41, 5.74) is 5.61. The average Bonchev–Trinajstić information content (AvgIpc) is 2.83. The Kier molecular flexibility index (Phi) is 7.77. The second-order valence-corrected chi connectivity index (χ2v) is 7.99. The summed E-state index contributed by atoms with van der Waals surface area (Å²) in [6, 6.07) is 13.4. The van der Waals surface area contributed by atoms with E-state index >= 15 is 0 Å². The second kappa shape index (κ2) is 10.6. The minimum absolute atomic E-state index is 0.0796. The molecule has 36 heavy (non-hydrogen) atoms. The van der Waals surface area contributed by atoms with Crippen LogP contribution in [0.2, 0.25) is 0 Å². The van der Waals surface area contributed by atoms with Gasteiger partial charge in [-0.2, -0.15) is 13.2 Å². The zero-order valence-corrected chi connectivity index (χ0v) is 19.9. The van der Waals surface area contributed by atoms with Crippen LogP contribution in [0.4, 0.5) is 17.6 Å². The zero-order valence-electron chi connectivity index (χ0n) is 19.9. The van der Waals surface area contributed by atoms with Crippen LogP contribution in [0.1, 0.15) is 25.2 Å². The van der Waals surface area contributed by atoms with Crippen LogP contribution in [0.25, 0.3) is 11.1 Å². The molecule has 188 valence electrons. The molecule has 2 N–H and O–H groups in total. The largest absolute Gasteiger partial charge is 0.438 e. The lowest BCUT2D eigenvalue weighted by Gasteiger charge is -2.13. The highest BCUT2D eigenvalue weighted by molar-refractivity contribution is 5.98. The normalized spacial score (nSPS) is 12.8. The molecule has 0 aliphatic heterocycles. The van der Waals surface area contributed by atoms with Crippen LogP contribution >= 0.6 is 0 Å². The molecule has 0 atom stereocenters. The minimum atomic E-state index is -4.69. The summed E-state index contributed by atoms with van der Waals surface area (Å²) in [5, 5.41) is 0. The maximum Gasteiger partial charge on any atom is 0.432 e. The number of ether oxygens (including phenoxy) is 1. The Hall–Kier alpha value is -4.21. The first-order valence-corrected chi connectivity index (χ1v) is 10.7. The third-order valence-corrected chi connectivity index (χ3v) is 5.47. The van der Waals surface area contributed by atoms with Crippen molar-refractivity contribution in [2.45, 2.75) is 26.4 Å². The minimum Gasteiger partial charge on any atom is -0.438 e. The van der Waals surface area contributed by atoms with Crippen molar-refractivity contribution in [3.63, 3.8) is 0 Å². The van der Waals surface area contributed by atoms with Gasteiger partial charge in [0.05, 0.1) is 5.56 Å². The van der Waals surface area contributed by atoms with Gasteiger partial charge in [0.15, 0.2) is 17.4 Å². The van der Waals surface area contributed by atoms with Crippen molar-refractivity contribution in [3.8, 4) is 16.9 Å². The smallest absolute Gasteiger partial charge is 0.432 e. The van der Waals surface area contributed by atoms with Crippen LogP contribution in [-0.4, -0.2) is 21.4 Å². The summed E-state index contributed by atoms with van der Waals surface area (Å²) in [5.74, 6) is -0.883. The standard InChI is InChI=1S/C26H24F4N4O2/c1-15(16(2)33-17(3)26(28,29)30)24(31)36-22-11-10-19(13-21(22)27)20-14-32-23(34(4)25(20)35)12-18-8-6-5-7-9-18/h5-11,13-14H,3,12,31H2,1-2,4H3/b24-15+,33-16?. The number of aliphatic imine (C=N–C) groups is 1. The van der Waals surface area contributed by atoms with Crippen molar-refractivity contribution in [1.29, 1.82) is 0 Å². The highest BCUT2D eigenvalue weighted by atomic mass is 19.4. The van der Waals surface area contributed by atoms with Crippen molar-refractivity contribution in [2.24, 2.45) is 17.8 Å². The summed E-state index contributed by atoms with van der Waals surface area (Å²) in [7, 11) is 1.59. The Morgan fingerprint density at radius 3 is 2.44 bits per heavy atom. The Morgan fingerprint density at radius 1 is 1.17 bits per heavy atom. The Morgan fingerprint density at radius 2 is 1.83 bits per heavy atom. The number of aromatic nitrogens is 2. The van der Waals surface area contributed by atoms with E-state index in [0.29, 0.717) is 12.2 Å². The molecule has 0 bridgehead atoms. The molecule has 3 aromatic rings. The molecular weight excluding hydrogens is 476 g/mol. The van der Waals surface area contributed by atoms with Crippen molar-refractivity contribution in [1.82, 2.24) is 9.55 Å². The molecule has 0 saturated heterocycles. The van der Waals surface area contributed by atoms with Gasteiger partial charge in [-0.1, -0.05) is 43.0 Å². The average molecular weight is 500 g/mol. The molecule has 1 aromatic heterocycles. The number of benzene rings is 2. The van der Waals surface area contributed by atoms with Crippen LogP contribution in [0, 0.1) is 5.82 Å². The van der Waals surface area contributed by atoms with E-state index in [0.717, 1.165) is 11.6 Å². The molecule has 10 heteroatoms. The molecule has 6 nitrogen and oxygen atoms in total. The summed E-state index contributed by atoms with van der Waals surface area (Å²) >= 11 is 0. The molecule has 0 unspecified atom stereocenters. The highest BCUT2D eigenvalue weighted by Gasteiger charge is 2.32. The molecule has 0 fully saturated rings. The number of rotatable bonds is 7. The van der Waals surface area contributed by atoms with Crippen molar-refractivity contribution < 1.29 is 22.3 Å². The number of halogens is 4. The lowest BCUT2D eigenvalue weighted by Crippen LogP contribution is -2.23. The van der Waals surface area contributed by atoms with E-state index in [9.17, 15) is 22.4 Å². The topological polar surface area (TPSA) is 82.5 Å². The fraction of sp³-hybridized carbons (Fsp3) is 0.192. The van der Waals surface area contributed by atoms with E-state index in [1.54, 1.807) is 7.05 Å². The second-order valence-electron chi connectivity index (χ2n) is 7.99. The van der Waals surface area contributed by atoms with E-state index < -0.39 is 17.7 Å². The van der Waals surface area contributed by atoms with E-state index in [-0.39, 0.29) is 39.6 Å². The van der Waals surface area contributed by atoms with E-state index in [4.69, 9.17) is 10.5 Å². The first-order chi connectivity index (χ1) is 16.9. The Labute approximate surface area is 205 Å². The molecule has 0 aliphatic carbocycles. The molecule has 0 aliphatic rings. The number of allylic oxidation sites excluding steroid dienone is 2. The SMILES string of the molecule is C=C(N=C(C)/C(C)=C(\N)Oc1ccc(-c2cnc(Cc3ccccc3)n(C)c2=O)cc1F)C(F)(F)F. The third kappa shape index (κ3) is 6.07. The maximum atomic E-state index is 14.8. The van der Waals surface area contributed by atoms with Gasteiger partial charge in [-0.25, -0.2) is 14.4 Å². The number of hydrogen-bond donors (Lipinski definition) is 1. The van der Waals surface area contributed by atoms with Crippen LogP contribution in [0.5, 0.6) is 5.75 Å². The maximum absolute atomic E-state index is 14.8. The van der Waals surface area contributed by atoms with E-state index in [2.05, 4.69) is 16.6 Å². The van der Waals surface area contributed by atoms with Crippen molar-refractivity contribution in [2.75, 3.05) is 0 Å². The number of hydrogen-bond acceptors (Lipinski definition) is 5. The van der Waals surface area contributed by atoms with Gasteiger partial charge in [0.25, 0.3) is 5.56 Å². The van der Waals surface area contributed by atoms with E-state index in [1.807, 2.05) is 30.3 Å². The lowest BCUT2D eigenvalue weighted by atomic mass is 10.1.